The molecular formula is C22H35N3O. The molecule has 0 aliphatic carbocycles. The van der Waals surface area contributed by atoms with Crippen molar-refractivity contribution >= 4 is 5.57 Å². The zero-order chi connectivity index (χ0) is 18.2. The summed E-state index contributed by atoms with van der Waals surface area (Å²) in [6.07, 6.45) is 6.06. The largest absolute Gasteiger partial charge is 0.395 e. The van der Waals surface area contributed by atoms with Crippen molar-refractivity contribution in [2.75, 3.05) is 59.0 Å². The Morgan fingerprint density at radius 1 is 1.00 bits per heavy atom. The fourth-order valence-corrected chi connectivity index (χ4v) is 4.35. The Morgan fingerprint density at radius 2 is 1.69 bits per heavy atom. The lowest BCUT2D eigenvalue weighted by molar-refractivity contribution is 0.0557. The third-order valence-corrected chi connectivity index (χ3v) is 5.89. The molecule has 2 heterocycles. The van der Waals surface area contributed by atoms with Crippen molar-refractivity contribution in [1.82, 2.24) is 14.7 Å². The van der Waals surface area contributed by atoms with Gasteiger partial charge in [-0.15, -0.1) is 0 Å². The van der Waals surface area contributed by atoms with Crippen LogP contribution in [-0.2, 0) is 0 Å². The van der Waals surface area contributed by atoms with E-state index in [9.17, 15) is 0 Å². The second-order valence-electron chi connectivity index (χ2n) is 7.61. The van der Waals surface area contributed by atoms with Crippen LogP contribution in [0.2, 0.25) is 0 Å². The Labute approximate surface area is 159 Å². The summed E-state index contributed by atoms with van der Waals surface area (Å²) in [5.74, 6) is 0. The van der Waals surface area contributed by atoms with Crippen molar-refractivity contribution in [1.29, 1.82) is 0 Å². The molecular weight excluding hydrogens is 322 g/mol. The molecule has 1 aromatic carbocycles. The van der Waals surface area contributed by atoms with Gasteiger partial charge in [0.1, 0.15) is 0 Å². The number of hydrogen-bond donors (Lipinski definition) is 1. The summed E-state index contributed by atoms with van der Waals surface area (Å²) in [4.78, 5) is 7.70. The lowest BCUT2D eigenvalue weighted by atomic mass is 9.99. The first kappa shape index (κ1) is 19.6. The van der Waals surface area contributed by atoms with Gasteiger partial charge < -0.3 is 5.11 Å². The number of likely N-dealkylation sites (tertiary alicyclic amines) is 1. The molecule has 26 heavy (non-hydrogen) atoms. The zero-order valence-electron chi connectivity index (χ0n) is 16.3. The molecule has 0 aromatic heterocycles. The topological polar surface area (TPSA) is 30.0 Å². The van der Waals surface area contributed by atoms with Crippen molar-refractivity contribution in [3.63, 3.8) is 0 Å². The van der Waals surface area contributed by atoms with E-state index in [1.807, 2.05) is 0 Å². The van der Waals surface area contributed by atoms with E-state index in [0.717, 1.165) is 51.7 Å². The number of nitrogens with zero attached hydrogens (tertiary/aromatic N) is 3. The number of piperazine rings is 1. The van der Waals surface area contributed by atoms with Gasteiger partial charge in [-0.3, -0.25) is 14.7 Å². The molecule has 1 N–H and O–H groups in total. The van der Waals surface area contributed by atoms with Crippen LogP contribution < -0.4 is 0 Å². The maximum atomic E-state index is 9.09. The summed E-state index contributed by atoms with van der Waals surface area (Å²) in [6.45, 7) is 11.4. The molecule has 3 rings (SSSR count). The van der Waals surface area contributed by atoms with E-state index in [1.165, 1.54) is 37.1 Å². The van der Waals surface area contributed by atoms with Crippen LogP contribution in [-0.4, -0.2) is 84.8 Å². The third kappa shape index (κ3) is 5.40. The Kier molecular flexibility index (Phi) is 7.69. The van der Waals surface area contributed by atoms with Crippen LogP contribution in [0, 0.1) is 0 Å². The van der Waals surface area contributed by atoms with Crippen molar-refractivity contribution in [2.24, 2.45) is 0 Å². The van der Waals surface area contributed by atoms with Crippen LogP contribution in [0.3, 0.4) is 0 Å². The van der Waals surface area contributed by atoms with Crippen LogP contribution in [0.5, 0.6) is 0 Å². The molecule has 2 saturated heterocycles. The van der Waals surface area contributed by atoms with Crippen LogP contribution in [0.25, 0.3) is 5.57 Å². The second-order valence-corrected chi connectivity index (χ2v) is 7.61. The first-order valence-corrected chi connectivity index (χ1v) is 10.3. The summed E-state index contributed by atoms with van der Waals surface area (Å²) in [5.41, 5.74) is 2.85. The van der Waals surface area contributed by atoms with Gasteiger partial charge in [0.25, 0.3) is 0 Å². The highest BCUT2D eigenvalue weighted by atomic mass is 16.3. The van der Waals surface area contributed by atoms with E-state index in [2.05, 4.69) is 58.0 Å². The van der Waals surface area contributed by atoms with Crippen LogP contribution in [0.15, 0.2) is 36.4 Å². The highest BCUT2D eigenvalue weighted by Gasteiger charge is 2.27. The van der Waals surface area contributed by atoms with E-state index in [4.69, 9.17) is 5.11 Å². The normalized spacial score (nSPS) is 22.0. The number of aliphatic hydroxyl groups excluding tert-OH is 1. The Morgan fingerprint density at radius 3 is 2.31 bits per heavy atom. The van der Waals surface area contributed by atoms with Crippen LogP contribution in [0.4, 0.5) is 0 Å². The summed E-state index contributed by atoms with van der Waals surface area (Å²) < 4.78 is 0. The molecule has 0 unspecified atom stereocenters. The number of piperidine rings is 1. The molecule has 2 fully saturated rings. The van der Waals surface area contributed by atoms with Crippen molar-refractivity contribution in [3.05, 3.63) is 42.0 Å². The third-order valence-electron chi connectivity index (χ3n) is 5.89. The molecule has 4 nitrogen and oxygen atoms in total. The maximum absolute atomic E-state index is 9.09. The SMILES string of the molecule is CC/C=C(/CN1CCC(N2CCN(CCO)CC2)CC1)c1ccccc1. The van der Waals surface area contributed by atoms with Crippen LogP contribution in [0.1, 0.15) is 31.7 Å². The zero-order valence-corrected chi connectivity index (χ0v) is 16.3. The number of β-amino-alcohol motifs (C(OH)–C–C–N with tert-alkyl or cyclic N) is 1. The highest BCUT2D eigenvalue weighted by Crippen LogP contribution is 2.22. The molecule has 0 spiro atoms. The van der Waals surface area contributed by atoms with Crippen LogP contribution >= 0.6 is 0 Å². The van der Waals surface area contributed by atoms with Crippen molar-refractivity contribution in [2.45, 2.75) is 32.2 Å². The van der Waals surface area contributed by atoms with E-state index >= 15 is 0 Å². The minimum absolute atomic E-state index is 0.285. The monoisotopic (exact) mass is 357 g/mol. The van der Waals surface area contributed by atoms with Gasteiger partial charge in [0.2, 0.25) is 0 Å². The molecule has 144 valence electrons. The van der Waals surface area contributed by atoms with E-state index in [0.29, 0.717) is 0 Å². The van der Waals surface area contributed by atoms with Gasteiger partial charge in [-0.25, -0.2) is 0 Å². The Bertz CT molecular complexity index is 544. The molecule has 0 radical (unpaired) electrons. The predicted octanol–water partition coefficient (Wildman–Crippen LogP) is 2.55. The summed E-state index contributed by atoms with van der Waals surface area (Å²) in [5, 5.41) is 9.09. The van der Waals surface area contributed by atoms with Gasteiger partial charge in [-0.2, -0.15) is 0 Å². The Balaban J connectivity index is 1.47. The molecule has 4 heteroatoms. The lowest BCUT2D eigenvalue weighted by Crippen LogP contribution is -2.53. The average Bonchev–Trinajstić information content (AvgIpc) is 2.70. The second kappa shape index (κ2) is 10.2. The minimum Gasteiger partial charge on any atom is -0.395 e. The van der Waals surface area contributed by atoms with Gasteiger partial charge in [0, 0.05) is 45.3 Å². The molecule has 2 aliphatic heterocycles. The first-order chi connectivity index (χ1) is 12.8. The van der Waals surface area contributed by atoms with Gasteiger partial charge >= 0.3 is 0 Å². The first-order valence-electron chi connectivity index (χ1n) is 10.3. The van der Waals surface area contributed by atoms with Crippen molar-refractivity contribution < 1.29 is 5.11 Å². The molecule has 0 atom stereocenters. The fraction of sp³-hybridized carbons (Fsp3) is 0.636. The number of allylic oxidation sites excluding steroid dienone is 1. The highest BCUT2D eigenvalue weighted by molar-refractivity contribution is 5.66. The number of hydrogen-bond acceptors (Lipinski definition) is 4. The van der Waals surface area contributed by atoms with Gasteiger partial charge in [0.05, 0.1) is 6.61 Å². The van der Waals surface area contributed by atoms with E-state index in [-0.39, 0.29) is 6.61 Å². The predicted molar refractivity (Wildman–Crippen MR) is 109 cm³/mol. The number of rotatable bonds is 7. The smallest absolute Gasteiger partial charge is 0.0558 e. The number of benzene rings is 1. The van der Waals surface area contributed by atoms with Gasteiger partial charge in [-0.1, -0.05) is 43.3 Å². The van der Waals surface area contributed by atoms with E-state index in [1.54, 1.807) is 0 Å². The molecule has 1 aromatic rings. The fourth-order valence-electron chi connectivity index (χ4n) is 4.35. The van der Waals surface area contributed by atoms with Gasteiger partial charge in [0.15, 0.2) is 0 Å². The average molecular weight is 358 g/mol. The quantitative estimate of drug-likeness (QED) is 0.812. The lowest BCUT2D eigenvalue weighted by Gasteiger charge is -2.42. The molecule has 0 amide bonds. The Hall–Kier alpha value is -1.20. The molecule has 0 saturated carbocycles. The summed E-state index contributed by atoms with van der Waals surface area (Å²) >= 11 is 0. The summed E-state index contributed by atoms with van der Waals surface area (Å²) in [7, 11) is 0. The van der Waals surface area contributed by atoms with Gasteiger partial charge in [-0.05, 0) is 43.5 Å². The minimum atomic E-state index is 0.285. The summed E-state index contributed by atoms with van der Waals surface area (Å²) in [6, 6.07) is 11.6. The number of aliphatic hydroxyl groups is 1. The van der Waals surface area contributed by atoms with E-state index < -0.39 is 0 Å². The van der Waals surface area contributed by atoms with Crippen molar-refractivity contribution in [3.8, 4) is 0 Å². The maximum Gasteiger partial charge on any atom is 0.0558 e. The standard InChI is InChI=1S/C22H35N3O/c1-2-6-21(20-7-4-3-5-8-20)19-24-11-9-22(10-12-24)25-15-13-23(14-16-25)17-18-26/h3-8,22,26H,2,9-19H2,1H3/b21-6-. The molecule has 2 aliphatic rings. The molecule has 0 bridgehead atoms.